The molecule has 0 fully saturated rings. The number of allylic oxidation sites excluding steroid dienone is 1. The number of ether oxygens (including phenoxy) is 2. The van der Waals surface area contributed by atoms with Gasteiger partial charge in [0.1, 0.15) is 23.9 Å². The molecule has 1 aliphatic rings. The lowest BCUT2D eigenvalue weighted by Crippen LogP contribution is -2.40. The first-order valence-corrected chi connectivity index (χ1v) is 15.3. The minimum absolute atomic E-state index is 0.0373. The number of hydrogen-bond acceptors (Lipinski definition) is 6. The Kier molecular flexibility index (Phi) is 8.70. The highest BCUT2D eigenvalue weighted by Gasteiger charge is 2.32. The van der Waals surface area contributed by atoms with Crippen molar-refractivity contribution >= 4 is 29.0 Å². The number of fused-ring (bicyclic) bond motifs is 1. The fourth-order valence-electron chi connectivity index (χ4n) is 5.20. The zero-order valence-corrected chi connectivity index (χ0v) is 25.5. The van der Waals surface area contributed by atoms with Crippen LogP contribution in [0.5, 0.6) is 11.5 Å². The average Bonchev–Trinajstić information content (AvgIpc) is 3.35. The van der Waals surface area contributed by atoms with E-state index in [1.165, 1.54) is 17.4 Å². The summed E-state index contributed by atoms with van der Waals surface area (Å²) in [6.45, 7) is 4.25. The van der Waals surface area contributed by atoms with Gasteiger partial charge in [0.05, 0.1) is 28.5 Å². The van der Waals surface area contributed by atoms with Gasteiger partial charge in [-0.3, -0.25) is 14.2 Å². The Morgan fingerprint density at radius 2 is 1.67 bits per heavy atom. The zero-order valence-electron chi connectivity index (χ0n) is 24.7. The van der Waals surface area contributed by atoms with Crippen molar-refractivity contribution in [1.29, 1.82) is 0 Å². The normalized spacial score (nSPS) is 14.5. The van der Waals surface area contributed by atoms with Crippen LogP contribution in [0.2, 0.25) is 0 Å². The van der Waals surface area contributed by atoms with E-state index in [1.807, 2.05) is 67.6 Å². The second-order valence-corrected chi connectivity index (χ2v) is 11.3. The van der Waals surface area contributed by atoms with Crippen LogP contribution in [-0.4, -0.2) is 17.1 Å². The summed E-state index contributed by atoms with van der Waals surface area (Å²) in [4.78, 5) is 33.1. The van der Waals surface area contributed by atoms with Gasteiger partial charge in [-0.25, -0.2) is 9.38 Å². The molecule has 0 saturated carbocycles. The van der Waals surface area contributed by atoms with Gasteiger partial charge in [-0.2, -0.15) is 0 Å². The number of hydrogen-bond donors (Lipinski definition) is 1. The summed E-state index contributed by atoms with van der Waals surface area (Å²) < 4.78 is 27.8. The van der Waals surface area contributed by atoms with Gasteiger partial charge in [0.2, 0.25) is 0 Å². The molecule has 6 rings (SSSR count). The largest absolute Gasteiger partial charge is 0.494 e. The third-order valence-electron chi connectivity index (χ3n) is 7.35. The maximum atomic E-state index is 14.2. The molecule has 1 N–H and O–H groups in total. The minimum Gasteiger partial charge on any atom is -0.494 e. The Morgan fingerprint density at radius 1 is 0.956 bits per heavy atom. The quantitative estimate of drug-likeness (QED) is 0.220. The Hall–Kier alpha value is -5.28. The van der Waals surface area contributed by atoms with Crippen LogP contribution in [0, 0.1) is 5.82 Å². The molecule has 1 amide bonds. The van der Waals surface area contributed by atoms with E-state index in [1.54, 1.807) is 54.0 Å². The third kappa shape index (κ3) is 6.34. The van der Waals surface area contributed by atoms with Gasteiger partial charge < -0.3 is 14.8 Å². The number of rotatable bonds is 9. The van der Waals surface area contributed by atoms with Crippen molar-refractivity contribution in [2.45, 2.75) is 26.5 Å². The summed E-state index contributed by atoms with van der Waals surface area (Å²) in [6, 6.07) is 29.6. The number of para-hydroxylation sites is 2. The van der Waals surface area contributed by atoms with Crippen LogP contribution in [-0.2, 0) is 11.4 Å². The molecule has 7 nitrogen and oxygen atoms in total. The summed E-state index contributed by atoms with van der Waals surface area (Å²) in [7, 11) is 0. The highest BCUT2D eigenvalue weighted by Crippen LogP contribution is 2.32. The Bertz CT molecular complexity index is 2070. The van der Waals surface area contributed by atoms with Gasteiger partial charge in [0.25, 0.3) is 11.5 Å². The van der Waals surface area contributed by atoms with Crippen LogP contribution in [0.4, 0.5) is 10.1 Å². The van der Waals surface area contributed by atoms with E-state index < -0.39 is 6.04 Å². The number of thiazole rings is 1. The topological polar surface area (TPSA) is 81.9 Å². The number of aromatic nitrogens is 1. The number of anilines is 1. The number of nitrogens with one attached hydrogen (secondary N) is 1. The number of halogens is 1. The maximum Gasteiger partial charge on any atom is 0.271 e. The van der Waals surface area contributed by atoms with Crippen molar-refractivity contribution in [3.63, 3.8) is 0 Å². The second-order valence-electron chi connectivity index (χ2n) is 10.3. The number of carbonyl (C=O) groups excluding carboxylic acids is 1. The summed E-state index contributed by atoms with van der Waals surface area (Å²) in [5.74, 6) is 0.507. The molecular weight excluding hydrogens is 589 g/mol. The highest BCUT2D eigenvalue weighted by molar-refractivity contribution is 7.07. The lowest BCUT2D eigenvalue weighted by atomic mass is 9.95. The number of carbonyl (C=O) groups is 1. The Morgan fingerprint density at radius 3 is 2.42 bits per heavy atom. The molecule has 45 heavy (non-hydrogen) atoms. The summed E-state index contributed by atoms with van der Waals surface area (Å²) >= 11 is 1.24. The van der Waals surface area contributed by atoms with Crippen molar-refractivity contribution in [2.24, 2.45) is 4.99 Å². The molecule has 226 valence electrons. The molecule has 4 aromatic carbocycles. The number of benzene rings is 4. The van der Waals surface area contributed by atoms with Crippen molar-refractivity contribution in [2.75, 3.05) is 11.9 Å². The molecule has 0 spiro atoms. The summed E-state index contributed by atoms with van der Waals surface area (Å²) in [5, 5.41) is 2.96. The number of amides is 1. The summed E-state index contributed by atoms with van der Waals surface area (Å²) in [6.07, 6.45) is 1.75. The van der Waals surface area contributed by atoms with Crippen LogP contribution < -0.4 is 29.7 Å². The molecule has 0 saturated heterocycles. The molecular formula is C36H30FN3O4S. The highest BCUT2D eigenvalue weighted by atomic mass is 32.1. The smallest absolute Gasteiger partial charge is 0.271 e. The van der Waals surface area contributed by atoms with Gasteiger partial charge in [-0.05, 0) is 61.9 Å². The second kappa shape index (κ2) is 13.2. The molecule has 2 heterocycles. The van der Waals surface area contributed by atoms with Crippen LogP contribution in [0.15, 0.2) is 124 Å². The third-order valence-corrected chi connectivity index (χ3v) is 8.33. The lowest BCUT2D eigenvalue weighted by molar-refractivity contribution is -0.113. The molecule has 0 unspecified atom stereocenters. The predicted molar refractivity (Wildman–Crippen MR) is 174 cm³/mol. The van der Waals surface area contributed by atoms with E-state index in [-0.39, 0.29) is 23.9 Å². The van der Waals surface area contributed by atoms with Crippen LogP contribution in [0.3, 0.4) is 0 Å². The minimum atomic E-state index is -0.727. The van der Waals surface area contributed by atoms with Crippen LogP contribution in [0.1, 0.15) is 36.6 Å². The number of nitrogens with zero attached hydrogens (tertiary/aromatic N) is 2. The van der Waals surface area contributed by atoms with Gasteiger partial charge in [-0.1, -0.05) is 78.1 Å². The van der Waals surface area contributed by atoms with E-state index in [0.29, 0.717) is 55.5 Å². The molecule has 0 bridgehead atoms. The SMILES string of the molecule is CCOc1ccc([C@H]2C(C(=O)Nc3ccccc3)=C(C)N=c3s/c(=C\c4ccccc4OCc4ccccc4F)c(=O)n32)cc1. The molecule has 0 aliphatic carbocycles. The van der Waals surface area contributed by atoms with Crippen molar-refractivity contribution in [3.8, 4) is 11.5 Å². The standard InChI is InChI=1S/C36H30FN3O4S/c1-3-43-28-19-17-24(18-20-28)33-32(34(41)39-27-13-5-4-6-14-27)23(2)38-36-40(33)35(42)31(45-36)21-25-11-8-10-16-30(25)44-22-26-12-7-9-15-29(26)37/h4-21,33H,3,22H2,1-2H3,(H,39,41)/b31-21-/t33-/m0/s1. The maximum absolute atomic E-state index is 14.2. The van der Waals surface area contributed by atoms with Gasteiger partial charge >= 0.3 is 0 Å². The molecule has 0 radical (unpaired) electrons. The van der Waals surface area contributed by atoms with Crippen LogP contribution in [0.25, 0.3) is 6.08 Å². The van der Waals surface area contributed by atoms with Gasteiger partial charge in [-0.15, -0.1) is 0 Å². The van der Waals surface area contributed by atoms with Crippen molar-refractivity contribution < 1.29 is 18.7 Å². The molecule has 5 aromatic rings. The van der Waals surface area contributed by atoms with E-state index in [4.69, 9.17) is 14.5 Å². The fourth-order valence-corrected chi connectivity index (χ4v) is 6.24. The van der Waals surface area contributed by atoms with Gasteiger partial charge in [0, 0.05) is 16.8 Å². The first-order chi connectivity index (χ1) is 21.9. The molecule has 1 aliphatic heterocycles. The first-order valence-electron chi connectivity index (χ1n) is 14.5. The van der Waals surface area contributed by atoms with E-state index in [0.717, 1.165) is 5.56 Å². The Labute approximate surface area is 263 Å². The average molecular weight is 620 g/mol. The van der Waals surface area contributed by atoms with E-state index in [9.17, 15) is 14.0 Å². The molecule has 1 aromatic heterocycles. The van der Waals surface area contributed by atoms with Crippen molar-refractivity contribution in [1.82, 2.24) is 4.57 Å². The predicted octanol–water partition coefficient (Wildman–Crippen LogP) is 5.99. The van der Waals surface area contributed by atoms with Crippen molar-refractivity contribution in [3.05, 3.63) is 157 Å². The zero-order chi connectivity index (χ0) is 31.3. The first kappa shape index (κ1) is 29.8. The Balaban J connectivity index is 1.42. The van der Waals surface area contributed by atoms with Crippen LogP contribution >= 0.6 is 11.3 Å². The molecule has 9 heteroatoms. The van der Waals surface area contributed by atoms with Gasteiger partial charge in [0.15, 0.2) is 4.80 Å². The molecule has 1 atom stereocenters. The van der Waals surface area contributed by atoms with E-state index in [2.05, 4.69) is 5.32 Å². The monoisotopic (exact) mass is 619 g/mol. The van der Waals surface area contributed by atoms with E-state index >= 15 is 0 Å². The summed E-state index contributed by atoms with van der Waals surface area (Å²) in [5.41, 5.74) is 3.07. The fraction of sp³-hybridized carbons (Fsp3) is 0.139. The lowest BCUT2D eigenvalue weighted by Gasteiger charge is -2.25.